The lowest BCUT2D eigenvalue weighted by molar-refractivity contribution is -0.142. The Morgan fingerprint density at radius 2 is 2.24 bits per heavy atom. The number of hydrogen-bond acceptors (Lipinski definition) is 6. The Hall–Kier alpha value is -1.50. The summed E-state index contributed by atoms with van der Waals surface area (Å²) in [7, 11) is 1.38. The van der Waals surface area contributed by atoms with Crippen LogP contribution in [0, 0.1) is 0 Å². The summed E-state index contributed by atoms with van der Waals surface area (Å²) in [5.41, 5.74) is 0.773. The summed E-state index contributed by atoms with van der Waals surface area (Å²) in [6.07, 6.45) is 4.80. The highest BCUT2D eigenvalue weighted by Crippen LogP contribution is 2.24. The summed E-state index contributed by atoms with van der Waals surface area (Å²) in [4.78, 5) is 26.7. The van der Waals surface area contributed by atoms with Gasteiger partial charge in [-0.3, -0.25) is 9.59 Å². The van der Waals surface area contributed by atoms with Crippen LogP contribution in [0.5, 0.6) is 0 Å². The average molecular weight is 311 g/mol. The number of carbonyl (C=O) groups is 2. The fourth-order valence-electron chi connectivity index (χ4n) is 2.66. The fourth-order valence-corrected chi connectivity index (χ4v) is 3.32. The molecule has 1 unspecified atom stereocenters. The van der Waals surface area contributed by atoms with Crippen molar-refractivity contribution in [1.29, 1.82) is 0 Å². The number of rotatable bonds is 5. The molecule has 0 radical (unpaired) electrons. The van der Waals surface area contributed by atoms with Crippen molar-refractivity contribution >= 4 is 23.4 Å². The van der Waals surface area contributed by atoms with Crippen molar-refractivity contribution in [3.05, 3.63) is 10.6 Å². The molecular weight excluding hydrogens is 290 g/mol. The smallest absolute Gasteiger partial charge is 0.307 e. The summed E-state index contributed by atoms with van der Waals surface area (Å²) < 4.78 is 8.65. The molecule has 1 aliphatic heterocycles. The van der Waals surface area contributed by atoms with Crippen molar-refractivity contribution in [3.63, 3.8) is 0 Å². The zero-order valence-electron chi connectivity index (χ0n) is 12.5. The molecule has 0 N–H and O–H groups in total. The first-order chi connectivity index (χ1) is 10.2. The van der Waals surface area contributed by atoms with Crippen LogP contribution in [0.15, 0.2) is 0 Å². The minimum Gasteiger partial charge on any atom is -0.469 e. The van der Waals surface area contributed by atoms with Gasteiger partial charge >= 0.3 is 5.97 Å². The molecule has 1 fully saturated rings. The third-order valence-corrected chi connectivity index (χ3v) is 4.51. The summed E-state index contributed by atoms with van der Waals surface area (Å²) >= 11 is 1.15. The minimum absolute atomic E-state index is 0.0398. The van der Waals surface area contributed by atoms with E-state index >= 15 is 0 Å². The number of hydrogen-bond donors (Lipinski definition) is 0. The number of likely N-dealkylation sites (tertiary alicyclic amines) is 1. The first-order valence-corrected chi connectivity index (χ1v) is 8.13. The predicted octanol–water partition coefficient (Wildman–Crippen LogP) is 2.05. The summed E-state index contributed by atoms with van der Waals surface area (Å²) in [5.74, 6) is -0.307. The Labute approximate surface area is 128 Å². The van der Waals surface area contributed by atoms with Gasteiger partial charge in [0.25, 0.3) is 5.91 Å². The van der Waals surface area contributed by atoms with Gasteiger partial charge in [-0.2, -0.15) is 0 Å². The summed E-state index contributed by atoms with van der Waals surface area (Å²) in [6, 6.07) is -0.0738. The first-order valence-electron chi connectivity index (χ1n) is 7.36. The molecule has 1 aromatic heterocycles. The van der Waals surface area contributed by atoms with Crippen LogP contribution >= 0.6 is 11.5 Å². The van der Waals surface area contributed by atoms with Crippen molar-refractivity contribution in [2.75, 3.05) is 13.7 Å². The van der Waals surface area contributed by atoms with Gasteiger partial charge in [-0.05, 0) is 37.2 Å². The molecule has 21 heavy (non-hydrogen) atoms. The molecule has 1 amide bonds. The number of methoxy groups -OCH3 is 1. The Kier molecular flexibility index (Phi) is 5.67. The number of aromatic nitrogens is 2. The fraction of sp³-hybridized carbons (Fsp3) is 0.714. The molecule has 2 rings (SSSR count). The van der Waals surface area contributed by atoms with E-state index in [1.54, 1.807) is 4.90 Å². The zero-order valence-corrected chi connectivity index (χ0v) is 13.3. The summed E-state index contributed by atoms with van der Waals surface area (Å²) in [6.45, 7) is 2.73. The molecular formula is C14H21N3O3S. The normalized spacial score (nSPS) is 18.6. The quantitative estimate of drug-likeness (QED) is 0.778. The maximum Gasteiger partial charge on any atom is 0.307 e. The maximum atomic E-state index is 12.7. The molecule has 0 spiro atoms. The molecule has 0 bridgehead atoms. The Morgan fingerprint density at radius 1 is 1.43 bits per heavy atom. The number of piperidine rings is 1. The van der Waals surface area contributed by atoms with Crippen molar-refractivity contribution in [3.8, 4) is 0 Å². The van der Waals surface area contributed by atoms with E-state index in [1.807, 2.05) is 0 Å². The van der Waals surface area contributed by atoms with Crippen LogP contribution in [0.1, 0.15) is 54.4 Å². The third kappa shape index (κ3) is 3.78. The second-order valence-corrected chi connectivity index (χ2v) is 5.98. The molecule has 1 atom stereocenters. The van der Waals surface area contributed by atoms with E-state index < -0.39 is 0 Å². The highest BCUT2D eigenvalue weighted by atomic mass is 32.1. The van der Waals surface area contributed by atoms with E-state index in [0.717, 1.165) is 49.3 Å². The third-order valence-electron chi connectivity index (χ3n) is 3.75. The van der Waals surface area contributed by atoms with Crippen LogP contribution in [0.2, 0.25) is 0 Å². The van der Waals surface area contributed by atoms with Crippen LogP contribution in [0.4, 0.5) is 0 Å². The van der Waals surface area contributed by atoms with Crippen molar-refractivity contribution in [2.45, 2.75) is 51.5 Å². The molecule has 0 aromatic carbocycles. The second kappa shape index (κ2) is 7.49. The molecule has 1 aromatic rings. The first kappa shape index (κ1) is 15.9. The maximum absolute atomic E-state index is 12.7. The largest absolute Gasteiger partial charge is 0.469 e. The molecule has 1 aliphatic rings. The molecule has 2 heterocycles. The number of ether oxygens (including phenoxy) is 1. The van der Waals surface area contributed by atoms with Gasteiger partial charge in [0.05, 0.1) is 19.2 Å². The second-order valence-electron chi connectivity index (χ2n) is 5.23. The minimum atomic E-state index is -0.268. The van der Waals surface area contributed by atoms with Crippen LogP contribution in [-0.2, 0) is 16.0 Å². The van der Waals surface area contributed by atoms with Gasteiger partial charge in [-0.1, -0.05) is 17.8 Å². The van der Waals surface area contributed by atoms with Crippen LogP contribution < -0.4 is 0 Å². The molecule has 6 nitrogen and oxygen atoms in total. The van der Waals surface area contributed by atoms with E-state index in [-0.39, 0.29) is 24.3 Å². The Bertz CT molecular complexity index is 503. The van der Waals surface area contributed by atoms with Gasteiger partial charge in [-0.15, -0.1) is 5.10 Å². The van der Waals surface area contributed by atoms with E-state index in [1.165, 1.54) is 7.11 Å². The highest BCUT2D eigenvalue weighted by molar-refractivity contribution is 7.08. The Balaban J connectivity index is 2.14. The van der Waals surface area contributed by atoms with Gasteiger partial charge in [0, 0.05) is 12.6 Å². The molecule has 116 valence electrons. The van der Waals surface area contributed by atoms with Crippen molar-refractivity contribution < 1.29 is 14.3 Å². The number of esters is 1. The van der Waals surface area contributed by atoms with Crippen LogP contribution in [0.25, 0.3) is 0 Å². The van der Waals surface area contributed by atoms with E-state index in [9.17, 15) is 9.59 Å². The van der Waals surface area contributed by atoms with Crippen LogP contribution in [-0.4, -0.2) is 46.1 Å². The Morgan fingerprint density at radius 3 is 2.95 bits per heavy atom. The molecule has 7 heteroatoms. The van der Waals surface area contributed by atoms with E-state index in [2.05, 4.69) is 16.5 Å². The number of carbonyl (C=O) groups excluding carboxylic acids is 2. The number of nitrogens with zero attached hydrogens (tertiary/aromatic N) is 3. The lowest BCUT2D eigenvalue weighted by Gasteiger charge is -2.34. The lowest BCUT2D eigenvalue weighted by Crippen LogP contribution is -2.44. The van der Waals surface area contributed by atoms with Gasteiger partial charge < -0.3 is 9.64 Å². The van der Waals surface area contributed by atoms with Gasteiger partial charge in [-0.25, -0.2) is 0 Å². The van der Waals surface area contributed by atoms with E-state index in [0.29, 0.717) is 11.4 Å². The van der Waals surface area contributed by atoms with Gasteiger partial charge in [0.2, 0.25) is 0 Å². The van der Waals surface area contributed by atoms with Crippen molar-refractivity contribution in [2.24, 2.45) is 0 Å². The summed E-state index contributed by atoms with van der Waals surface area (Å²) in [5, 5.41) is 4.05. The molecule has 0 aliphatic carbocycles. The SMILES string of the molecule is CCCc1nnsc1C(=O)N1CCCCC1CC(=O)OC. The lowest BCUT2D eigenvalue weighted by atomic mass is 9.99. The molecule has 0 saturated carbocycles. The number of aryl methyl sites for hydroxylation is 1. The monoisotopic (exact) mass is 311 g/mol. The number of amides is 1. The van der Waals surface area contributed by atoms with Crippen LogP contribution in [0.3, 0.4) is 0 Å². The topological polar surface area (TPSA) is 72.4 Å². The van der Waals surface area contributed by atoms with E-state index in [4.69, 9.17) is 4.74 Å². The zero-order chi connectivity index (χ0) is 15.2. The highest BCUT2D eigenvalue weighted by Gasteiger charge is 2.31. The average Bonchev–Trinajstić information content (AvgIpc) is 2.95. The molecule has 1 saturated heterocycles. The van der Waals surface area contributed by atoms with Gasteiger partial charge in [0.1, 0.15) is 4.88 Å². The predicted molar refractivity (Wildman–Crippen MR) is 79.2 cm³/mol. The van der Waals surface area contributed by atoms with Crippen molar-refractivity contribution in [1.82, 2.24) is 14.5 Å². The standard InChI is InChI=1S/C14H21N3O3S/c1-3-6-11-13(21-16-15-11)14(19)17-8-5-4-7-10(17)9-12(18)20-2/h10H,3-9H2,1-2H3. The van der Waals surface area contributed by atoms with Gasteiger partial charge in [0.15, 0.2) is 0 Å².